The van der Waals surface area contributed by atoms with Crippen molar-refractivity contribution in [3.63, 3.8) is 0 Å². The molecule has 0 fully saturated rings. The van der Waals surface area contributed by atoms with E-state index in [1.54, 1.807) is 0 Å². The van der Waals surface area contributed by atoms with Crippen molar-refractivity contribution in [2.75, 3.05) is 4.90 Å². The molecular weight excluding hydrogens is 711 g/mol. The van der Waals surface area contributed by atoms with Gasteiger partial charge < -0.3 is 4.90 Å². The molecule has 59 heavy (non-hydrogen) atoms. The molecule has 0 atom stereocenters. The summed E-state index contributed by atoms with van der Waals surface area (Å²) in [6.45, 7) is 0. The normalized spacial score (nSPS) is 11.4. The van der Waals surface area contributed by atoms with E-state index in [4.69, 9.17) is 0 Å². The van der Waals surface area contributed by atoms with E-state index in [0.29, 0.717) is 0 Å². The van der Waals surface area contributed by atoms with Crippen LogP contribution in [-0.4, -0.2) is 0 Å². The second-order valence-electron chi connectivity index (χ2n) is 15.3. The molecule has 276 valence electrons. The van der Waals surface area contributed by atoms with E-state index in [1.807, 2.05) is 0 Å². The lowest BCUT2D eigenvalue weighted by molar-refractivity contribution is 1.29. The third-order valence-electron chi connectivity index (χ3n) is 11.8. The molecule has 0 aliphatic heterocycles. The number of nitrogens with zero attached hydrogens (tertiary/aromatic N) is 1. The Morgan fingerprint density at radius 3 is 1.37 bits per heavy atom. The average Bonchev–Trinajstić information content (AvgIpc) is 3.32. The second-order valence-corrected chi connectivity index (χ2v) is 15.3. The molecule has 0 unspecified atom stereocenters. The van der Waals surface area contributed by atoms with Crippen molar-refractivity contribution in [1.82, 2.24) is 0 Å². The minimum atomic E-state index is 1.09. The highest BCUT2D eigenvalue weighted by molar-refractivity contribution is 6.25. The minimum Gasteiger partial charge on any atom is -0.310 e. The van der Waals surface area contributed by atoms with Gasteiger partial charge in [0.05, 0.1) is 5.69 Å². The maximum Gasteiger partial charge on any atom is 0.0540 e. The van der Waals surface area contributed by atoms with E-state index in [0.717, 1.165) is 22.6 Å². The van der Waals surface area contributed by atoms with Crippen molar-refractivity contribution >= 4 is 60.2 Å². The smallest absolute Gasteiger partial charge is 0.0540 e. The number of benzene rings is 11. The van der Waals surface area contributed by atoms with Gasteiger partial charge in [0.15, 0.2) is 0 Å². The summed E-state index contributed by atoms with van der Waals surface area (Å²) < 4.78 is 0. The number of anilines is 3. The van der Waals surface area contributed by atoms with Gasteiger partial charge in [-0.25, -0.2) is 0 Å². The van der Waals surface area contributed by atoms with Crippen LogP contribution in [0.4, 0.5) is 17.1 Å². The molecule has 0 radical (unpaired) electrons. The van der Waals surface area contributed by atoms with Crippen molar-refractivity contribution in [3.8, 4) is 44.5 Å². The first-order chi connectivity index (χ1) is 29.3. The van der Waals surface area contributed by atoms with Crippen LogP contribution in [0.2, 0.25) is 0 Å². The van der Waals surface area contributed by atoms with Gasteiger partial charge in [0, 0.05) is 16.9 Å². The van der Waals surface area contributed by atoms with E-state index >= 15 is 0 Å². The molecule has 11 rings (SSSR count). The first-order valence-electron chi connectivity index (χ1n) is 20.3. The monoisotopic (exact) mass is 749 g/mol. The van der Waals surface area contributed by atoms with Gasteiger partial charge in [0.25, 0.3) is 0 Å². The number of para-hydroxylation sites is 1. The van der Waals surface area contributed by atoms with E-state index in [9.17, 15) is 0 Å². The van der Waals surface area contributed by atoms with Crippen LogP contribution in [0.1, 0.15) is 0 Å². The fourth-order valence-electron chi connectivity index (χ4n) is 9.02. The second kappa shape index (κ2) is 14.6. The van der Waals surface area contributed by atoms with Gasteiger partial charge in [-0.15, -0.1) is 0 Å². The predicted molar refractivity (Wildman–Crippen MR) is 253 cm³/mol. The van der Waals surface area contributed by atoms with Crippen LogP contribution in [-0.2, 0) is 0 Å². The van der Waals surface area contributed by atoms with Gasteiger partial charge >= 0.3 is 0 Å². The molecule has 0 saturated heterocycles. The molecule has 0 aliphatic rings. The molecule has 11 aromatic carbocycles. The zero-order chi connectivity index (χ0) is 39.1. The molecule has 0 bridgehead atoms. The average molecular weight is 750 g/mol. The molecule has 1 heteroatoms. The SMILES string of the molecule is c1ccc(-c2cccc(-c3ccc(N(c4ccc5c6ccccc6c6ccccc6c5c4)c4ccccc4-c4cccc(-c5cccc6ccccc56)c4)cc3)c2)cc1. The number of fused-ring (bicyclic) bond motifs is 7. The van der Waals surface area contributed by atoms with Gasteiger partial charge in [-0.1, -0.05) is 194 Å². The van der Waals surface area contributed by atoms with Crippen molar-refractivity contribution in [1.29, 1.82) is 0 Å². The molecule has 0 aromatic heterocycles. The van der Waals surface area contributed by atoms with Gasteiger partial charge in [0.1, 0.15) is 0 Å². The molecular formula is C58H39N. The van der Waals surface area contributed by atoms with Crippen LogP contribution < -0.4 is 4.90 Å². The zero-order valence-corrected chi connectivity index (χ0v) is 32.5. The number of hydrogen-bond donors (Lipinski definition) is 0. The number of rotatable bonds is 7. The summed E-state index contributed by atoms with van der Waals surface area (Å²) in [4.78, 5) is 2.44. The summed E-state index contributed by atoms with van der Waals surface area (Å²) in [6, 6.07) is 86.3. The highest BCUT2D eigenvalue weighted by atomic mass is 15.1. The van der Waals surface area contributed by atoms with Crippen molar-refractivity contribution in [3.05, 3.63) is 237 Å². The summed E-state index contributed by atoms with van der Waals surface area (Å²) in [6.07, 6.45) is 0. The fraction of sp³-hybridized carbons (Fsp3) is 0. The quantitative estimate of drug-likeness (QED) is 0.147. The van der Waals surface area contributed by atoms with Crippen LogP contribution in [0.25, 0.3) is 87.6 Å². The molecule has 1 nitrogen and oxygen atoms in total. The number of hydrogen-bond acceptors (Lipinski definition) is 1. The Morgan fingerprint density at radius 2 is 0.661 bits per heavy atom. The third kappa shape index (κ3) is 6.21. The Kier molecular flexibility index (Phi) is 8.56. The Morgan fingerprint density at radius 1 is 0.220 bits per heavy atom. The molecule has 0 saturated carbocycles. The van der Waals surface area contributed by atoms with Crippen LogP contribution >= 0.6 is 0 Å². The predicted octanol–water partition coefficient (Wildman–Crippen LogP) is 16.4. The van der Waals surface area contributed by atoms with Crippen LogP contribution in [0.3, 0.4) is 0 Å². The van der Waals surface area contributed by atoms with E-state index in [2.05, 4.69) is 241 Å². The molecule has 0 amide bonds. The Labute approximate surface area is 344 Å². The summed E-state index contributed by atoms with van der Waals surface area (Å²) in [5.74, 6) is 0. The first-order valence-corrected chi connectivity index (χ1v) is 20.3. The molecule has 11 aromatic rings. The standard InChI is InChI=1S/C58H39N/c1-2-15-40(16-3-1)43-19-12-20-44(37-43)41-31-33-47(34-32-41)59(48-35-36-56-54-27-7-6-25-52(54)53-26-8-9-28-55(53)57(56)39-48)58-30-11-10-24-51(58)46-22-13-21-45(38-46)50-29-14-18-42-17-4-5-23-49(42)50/h1-39H. The van der Waals surface area contributed by atoms with Crippen LogP contribution in [0.5, 0.6) is 0 Å². The van der Waals surface area contributed by atoms with E-state index in [1.165, 1.54) is 82.0 Å². The summed E-state index contributed by atoms with van der Waals surface area (Å²) in [7, 11) is 0. The Balaban J connectivity index is 1.09. The lowest BCUT2D eigenvalue weighted by Gasteiger charge is -2.29. The fourth-order valence-corrected chi connectivity index (χ4v) is 9.02. The molecule has 0 N–H and O–H groups in total. The Hall–Kier alpha value is -7.74. The lowest BCUT2D eigenvalue weighted by Crippen LogP contribution is -2.11. The van der Waals surface area contributed by atoms with E-state index < -0.39 is 0 Å². The van der Waals surface area contributed by atoms with Crippen molar-refractivity contribution in [2.45, 2.75) is 0 Å². The molecule has 0 spiro atoms. The van der Waals surface area contributed by atoms with E-state index in [-0.39, 0.29) is 0 Å². The summed E-state index contributed by atoms with van der Waals surface area (Å²) in [5, 5.41) is 10.1. The zero-order valence-electron chi connectivity index (χ0n) is 32.5. The maximum atomic E-state index is 2.44. The third-order valence-corrected chi connectivity index (χ3v) is 11.8. The Bertz CT molecular complexity index is 3280. The van der Waals surface area contributed by atoms with Crippen LogP contribution in [0.15, 0.2) is 237 Å². The summed E-state index contributed by atoms with van der Waals surface area (Å²) >= 11 is 0. The first kappa shape index (κ1) is 34.5. The van der Waals surface area contributed by atoms with Crippen LogP contribution in [0, 0.1) is 0 Å². The molecule has 0 aliphatic carbocycles. The topological polar surface area (TPSA) is 3.24 Å². The van der Waals surface area contributed by atoms with Gasteiger partial charge in [-0.3, -0.25) is 0 Å². The van der Waals surface area contributed by atoms with Crippen molar-refractivity contribution in [2.24, 2.45) is 0 Å². The minimum absolute atomic E-state index is 1.09. The van der Waals surface area contributed by atoms with Crippen molar-refractivity contribution < 1.29 is 0 Å². The highest BCUT2D eigenvalue weighted by Crippen LogP contribution is 2.45. The summed E-state index contributed by atoms with van der Waals surface area (Å²) in [5.41, 5.74) is 12.9. The maximum absolute atomic E-state index is 2.44. The largest absolute Gasteiger partial charge is 0.310 e. The highest BCUT2D eigenvalue weighted by Gasteiger charge is 2.20. The molecule has 0 heterocycles. The van der Waals surface area contributed by atoms with Gasteiger partial charge in [0.2, 0.25) is 0 Å². The van der Waals surface area contributed by atoms with Gasteiger partial charge in [-0.2, -0.15) is 0 Å². The van der Waals surface area contributed by atoms with Gasteiger partial charge in [-0.05, 0) is 124 Å². The lowest BCUT2D eigenvalue weighted by atomic mass is 9.93.